The second-order valence-corrected chi connectivity index (χ2v) is 6.18. The molecule has 12 nitrogen and oxygen atoms in total. The molecule has 0 atom stereocenters. The molecular formula is C20H20N6O6. The summed E-state index contributed by atoms with van der Waals surface area (Å²) in [6, 6.07) is 11.2. The van der Waals surface area contributed by atoms with Crippen LogP contribution in [0, 0.1) is 10.1 Å². The lowest BCUT2D eigenvalue weighted by Gasteiger charge is -2.13. The van der Waals surface area contributed by atoms with E-state index in [1.54, 1.807) is 42.5 Å². The summed E-state index contributed by atoms with van der Waals surface area (Å²) in [5.74, 6) is 0.696. The Morgan fingerprint density at radius 1 is 0.938 bits per heavy atom. The van der Waals surface area contributed by atoms with Gasteiger partial charge in [0.1, 0.15) is 23.6 Å². The number of carbonyl (C=O) groups excluding carboxylic acids is 1. The van der Waals surface area contributed by atoms with Crippen LogP contribution in [0.1, 0.15) is 10.4 Å². The first-order chi connectivity index (χ1) is 15.5. The van der Waals surface area contributed by atoms with Crippen molar-refractivity contribution in [1.82, 2.24) is 15.4 Å². The van der Waals surface area contributed by atoms with Gasteiger partial charge in [-0.15, -0.1) is 0 Å². The molecule has 3 N–H and O–H groups in total. The molecule has 1 amide bonds. The maximum absolute atomic E-state index is 12.3. The van der Waals surface area contributed by atoms with Crippen molar-refractivity contribution < 1.29 is 23.9 Å². The molecule has 12 heteroatoms. The van der Waals surface area contributed by atoms with Gasteiger partial charge in [0.05, 0.1) is 31.9 Å². The summed E-state index contributed by atoms with van der Waals surface area (Å²) in [6.45, 7) is 0. The van der Waals surface area contributed by atoms with Crippen molar-refractivity contribution in [3.63, 3.8) is 0 Å². The molecule has 3 aromatic rings. The second-order valence-electron chi connectivity index (χ2n) is 6.18. The SMILES string of the molecule is COc1ccc(C(=O)NNc2ncnc(Nc3ccc(OC)cc3OC)c2[N+](=O)[O-])cc1. The Labute approximate surface area is 182 Å². The molecule has 1 heterocycles. The van der Waals surface area contributed by atoms with E-state index in [-0.39, 0.29) is 11.6 Å². The first-order valence-electron chi connectivity index (χ1n) is 9.15. The lowest BCUT2D eigenvalue weighted by Crippen LogP contribution is -2.30. The maximum atomic E-state index is 12.3. The Hall–Kier alpha value is -4.61. The molecule has 1 aromatic heterocycles. The van der Waals surface area contributed by atoms with Crippen molar-refractivity contribution in [3.8, 4) is 17.2 Å². The molecule has 0 radical (unpaired) electrons. The van der Waals surface area contributed by atoms with Crippen LogP contribution >= 0.6 is 0 Å². The molecule has 0 saturated carbocycles. The van der Waals surface area contributed by atoms with E-state index >= 15 is 0 Å². The minimum absolute atomic E-state index is 0.102. The molecule has 32 heavy (non-hydrogen) atoms. The van der Waals surface area contributed by atoms with Gasteiger partial charge >= 0.3 is 5.69 Å². The van der Waals surface area contributed by atoms with Crippen LogP contribution in [0.25, 0.3) is 0 Å². The number of nitrogens with zero attached hydrogens (tertiary/aromatic N) is 3. The monoisotopic (exact) mass is 440 g/mol. The van der Waals surface area contributed by atoms with Crippen LogP contribution < -0.4 is 30.4 Å². The molecular weight excluding hydrogens is 420 g/mol. The Bertz CT molecular complexity index is 1120. The van der Waals surface area contributed by atoms with Gasteiger partial charge in [-0.25, -0.2) is 9.97 Å². The van der Waals surface area contributed by atoms with Gasteiger partial charge in [-0.05, 0) is 36.4 Å². The van der Waals surface area contributed by atoms with Crippen LogP contribution in [-0.2, 0) is 0 Å². The average molecular weight is 440 g/mol. The number of benzene rings is 2. The molecule has 166 valence electrons. The number of methoxy groups -OCH3 is 3. The number of anilines is 3. The van der Waals surface area contributed by atoms with Gasteiger partial charge in [0, 0.05) is 11.6 Å². The van der Waals surface area contributed by atoms with Gasteiger partial charge in [-0.1, -0.05) is 0 Å². The Morgan fingerprint density at radius 3 is 2.22 bits per heavy atom. The highest BCUT2D eigenvalue weighted by Crippen LogP contribution is 2.35. The van der Waals surface area contributed by atoms with Crippen LogP contribution in [0.15, 0.2) is 48.8 Å². The van der Waals surface area contributed by atoms with Crippen molar-refractivity contribution in [2.45, 2.75) is 0 Å². The van der Waals surface area contributed by atoms with Crippen LogP contribution in [0.2, 0.25) is 0 Å². The van der Waals surface area contributed by atoms with Crippen molar-refractivity contribution in [1.29, 1.82) is 0 Å². The van der Waals surface area contributed by atoms with Crippen LogP contribution in [0.3, 0.4) is 0 Å². The summed E-state index contributed by atoms with van der Waals surface area (Å²) in [6.07, 6.45) is 1.12. The first-order valence-corrected chi connectivity index (χ1v) is 9.15. The third-order valence-corrected chi connectivity index (χ3v) is 4.31. The lowest BCUT2D eigenvalue weighted by molar-refractivity contribution is -0.383. The van der Waals surface area contributed by atoms with Gasteiger partial charge in [-0.3, -0.25) is 25.8 Å². The maximum Gasteiger partial charge on any atom is 0.355 e. The van der Waals surface area contributed by atoms with E-state index in [1.807, 2.05) is 0 Å². The zero-order chi connectivity index (χ0) is 23.1. The van der Waals surface area contributed by atoms with E-state index in [1.165, 1.54) is 21.3 Å². The van der Waals surface area contributed by atoms with Crippen molar-refractivity contribution in [2.75, 3.05) is 32.1 Å². The molecule has 0 fully saturated rings. The summed E-state index contributed by atoms with van der Waals surface area (Å²) in [5.41, 5.74) is 5.13. The summed E-state index contributed by atoms with van der Waals surface area (Å²) in [7, 11) is 4.48. The number of hydrogen-bond donors (Lipinski definition) is 3. The van der Waals surface area contributed by atoms with E-state index in [4.69, 9.17) is 14.2 Å². The average Bonchev–Trinajstić information content (AvgIpc) is 2.82. The Kier molecular flexibility index (Phi) is 6.85. The molecule has 0 bridgehead atoms. The lowest BCUT2D eigenvalue weighted by atomic mass is 10.2. The number of nitrogens with one attached hydrogen (secondary N) is 3. The number of aromatic nitrogens is 2. The number of rotatable bonds is 9. The minimum atomic E-state index is -0.666. The van der Waals surface area contributed by atoms with Gasteiger partial charge < -0.3 is 19.5 Å². The molecule has 0 aliphatic rings. The number of amides is 1. The van der Waals surface area contributed by atoms with E-state index in [2.05, 4.69) is 26.1 Å². The second kappa shape index (κ2) is 9.93. The minimum Gasteiger partial charge on any atom is -0.497 e. The van der Waals surface area contributed by atoms with Gasteiger partial charge in [0.25, 0.3) is 5.91 Å². The highest BCUT2D eigenvalue weighted by Gasteiger charge is 2.24. The van der Waals surface area contributed by atoms with Gasteiger partial charge in [-0.2, -0.15) is 0 Å². The predicted molar refractivity (Wildman–Crippen MR) is 116 cm³/mol. The molecule has 0 aliphatic carbocycles. The molecule has 0 spiro atoms. The van der Waals surface area contributed by atoms with Crippen LogP contribution in [-0.4, -0.2) is 42.1 Å². The smallest absolute Gasteiger partial charge is 0.355 e. The summed E-state index contributed by atoms with van der Waals surface area (Å²) < 4.78 is 15.5. The zero-order valence-electron chi connectivity index (χ0n) is 17.4. The summed E-state index contributed by atoms with van der Waals surface area (Å²) >= 11 is 0. The van der Waals surface area contributed by atoms with Crippen LogP contribution in [0.4, 0.5) is 23.0 Å². The first kappa shape index (κ1) is 22.1. The number of hydrazine groups is 1. The quantitative estimate of drug-likeness (QED) is 0.335. The molecule has 3 rings (SSSR count). The molecule has 0 saturated heterocycles. The van der Waals surface area contributed by atoms with Crippen molar-refractivity contribution >= 4 is 28.9 Å². The van der Waals surface area contributed by atoms with Crippen LogP contribution in [0.5, 0.6) is 17.2 Å². The highest BCUT2D eigenvalue weighted by molar-refractivity contribution is 5.95. The molecule has 2 aromatic carbocycles. The van der Waals surface area contributed by atoms with Gasteiger partial charge in [0.15, 0.2) is 0 Å². The number of nitro groups is 1. The number of carbonyl (C=O) groups is 1. The fourth-order valence-electron chi connectivity index (χ4n) is 2.69. The Morgan fingerprint density at radius 2 is 1.59 bits per heavy atom. The van der Waals surface area contributed by atoms with Crippen molar-refractivity contribution in [3.05, 3.63) is 64.5 Å². The predicted octanol–water partition coefficient (Wildman–Crippen LogP) is 2.91. The van der Waals surface area contributed by atoms with E-state index in [0.29, 0.717) is 28.5 Å². The normalized spacial score (nSPS) is 10.1. The van der Waals surface area contributed by atoms with Crippen molar-refractivity contribution in [2.24, 2.45) is 0 Å². The zero-order valence-corrected chi connectivity index (χ0v) is 17.4. The van der Waals surface area contributed by atoms with E-state index in [0.717, 1.165) is 6.33 Å². The largest absolute Gasteiger partial charge is 0.497 e. The standard InChI is InChI=1S/C20H20N6O6/c1-30-13-6-4-12(5-7-13)20(27)25-24-19-17(26(28)29)18(21-11-22-19)23-15-9-8-14(31-2)10-16(15)32-3/h4-11H,1-3H3,(H,25,27)(H2,21,22,23,24). The third-order valence-electron chi connectivity index (χ3n) is 4.31. The highest BCUT2D eigenvalue weighted by atomic mass is 16.6. The number of ether oxygens (including phenoxy) is 3. The Balaban J connectivity index is 1.83. The van der Waals surface area contributed by atoms with Gasteiger partial charge in [0.2, 0.25) is 11.6 Å². The summed E-state index contributed by atoms with van der Waals surface area (Å²) in [5, 5.41) is 14.6. The topological polar surface area (TPSA) is 150 Å². The van der Waals surface area contributed by atoms with E-state index < -0.39 is 16.5 Å². The van der Waals surface area contributed by atoms with E-state index in [9.17, 15) is 14.9 Å². The fraction of sp³-hybridized carbons (Fsp3) is 0.150. The molecule has 0 aliphatic heterocycles. The third kappa shape index (κ3) is 4.92. The summed E-state index contributed by atoms with van der Waals surface area (Å²) in [4.78, 5) is 31.3. The number of hydrogen-bond acceptors (Lipinski definition) is 10. The fourth-order valence-corrected chi connectivity index (χ4v) is 2.69. The molecule has 0 unspecified atom stereocenters.